The van der Waals surface area contributed by atoms with Gasteiger partial charge >= 0.3 is 0 Å². The molecule has 0 spiro atoms. The number of phenolic OH excluding ortho intramolecular Hbond substituents is 1. The minimum absolute atomic E-state index is 0.108. The minimum Gasteiger partial charge on any atom is -0.508 e. The quantitative estimate of drug-likeness (QED) is 0.687. The van der Waals surface area contributed by atoms with Crippen LogP contribution in [0.1, 0.15) is 30.2 Å². The van der Waals surface area contributed by atoms with Crippen LogP contribution in [0.25, 0.3) is 11.3 Å². The summed E-state index contributed by atoms with van der Waals surface area (Å²) in [6, 6.07) is 14.7. The van der Waals surface area contributed by atoms with Crippen molar-refractivity contribution in [3.8, 4) is 17.0 Å². The third-order valence-corrected chi connectivity index (χ3v) is 4.24. The van der Waals surface area contributed by atoms with E-state index in [2.05, 4.69) is 22.2 Å². The number of rotatable bonds is 6. The third-order valence-electron chi connectivity index (χ3n) is 4.24. The predicted molar refractivity (Wildman–Crippen MR) is 107 cm³/mol. The Morgan fingerprint density at radius 1 is 1.07 bits per heavy atom. The second-order valence-electron chi connectivity index (χ2n) is 6.56. The Morgan fingerprint density at radius 2 is 1.78 bits per heavy atom. The highest BCUT2D eigenvalue weighted by Crippen LogP contribution is 2.22. The molecule has 0 atom stereocenters. The maximum absolute atomic E-state index is 12.4. The molecule has 3 rings (SSSR count). The van der Waals surface area contributed by atoms with Gasteiger partial charge in [0.1, 0.15) is 5.75 Å². The van der Waals surface area contributed by atoms with Crippen molar-refractivity contribution in [1.82, 2.24) is 9.97 Å². The molecule has 0 bridgehead atoms. The smallest absolute Gasteiger partial charge is 0.229 e. The van der Waals surface area contributed by atoms with Crippen LogP contribution in [0.5, 0.6) is 5.75 Å². The van der Waals surface area contributed by atoms with E-state index in [1.54, 1.807) is 30.5 Å². The van der Waals surface area contributed by atoms with Gasteiger partial charge in [-0.25, -0.2) is 9.97 Å². The lowest BCUT2D eigenvalue weighted by molar-refractivity contribution is -0.115. The van der Waals surface area contributed by atoms with E-state index in [1.165, 1.54) is 5.56 Å². The average molecular weight is 361 g/mol. The molecule has 3 aromatic rings. The van der Waals surface area contributed by atoms with E-state index < -0.39 is 0 Å². The number of hydrogen-bond acceptors (Lipinski definition) is 4. The van der Waals surface area contributed by atoms with Crippen molar-refractivity contribution in [3.05, 3.63) is 71.5 Å². The zero-order valence-corrected chi connectivity index (χ0v) is 15.6. The predicted octanol–water partition coefficient (Wildman–Crippen LogP) is 4.29. The Hall–Kier alpha value is -3.21. The molecule has 1 heterocycles. The molecular weight excluding hydrogens is 338 g/mol. The summed E-state index contributed by atoms with van der Waals surface area (Å²) < 4.78 is 0. The summed E-state index contributed by atoms with van der Waals surface area (Å²) in [5.41, 5.74) is 4.48. The standard InChI is InChI=1S/C22H23N3O2/c1-3-4-19-22(25-21(27)13-16-7-5-15(2)6-8-16)23-14-20(24-19)17-9-11-18(26)12-10-17/h5-12,14,26H,3-4,13H2,1-2H3,(H,23,25,27). The Kier molecular flexibility index (Phi) is 5.81. The highest BCUT2D eigenvalue weighted by atomic mass is 16.3. The first-order chi connectivity index (χ1) is 13.0. The number of hydrogen-bond donors (Lipinski definition) is 2. The van der Waals surface area contributed by atoms with E-state index in [-0.39, 0.29) is 11.7 Å². The lowest BCUT2D eigenvalue weighted by Gasteiger charge is -2.11. The van der Waals surface area contributed by atoms with Crippen LogP contribution in [0, 0.1) is 6.92 Å². The van der Waals surface area contributed by atoms with E-state index in [1.807, 2.05) is 31.2 Å². The first-order valence-electron chi connectivity index (χ1n) is 9.06. The van der Waals surface area contributed by atoms with Crippen LogP contribution in [-0.2, 0) is 17.6 Å². The van der Waals surface area contributed by atoms with Crippen LogP contribution < -0.4 is 5.32 Å². The third kappa shape index (κ3) is 4.91. The van der Waals surface area contributed by atoms with Crippen molar-refractivity contribution in [3.63, 3.8) is 0 Å². The molecule has 0 saturated carbocycles. The van der Waals surface area contributed by atoms with Crippen molar-refractivity contribution in [2.24, 2.45) is 0 Å². The molecular formula is C22H23N3O2. The van der Waals surface area contributed by atoms with Crippen LogP contribution in [0.15, 0.2) is 54.7 Å². The average Bonchev–Trinajstić information content (AvgIpc) is 2.66. The first-order valence-corrected chi connectivity index (χ1v) is 9.06. The Balaban J connectivity index is 1.78. The summed E-state index contributed by atoms with van der Waals surface area (Å²) in [6.07, 6.45) is 3.56. The molecule has 0 aliphatic carbocycles. The number of anilines is 1. The summed E-state index contributed by atoms with van der Waals surface area (Å²) in [5.74, 6) is 0.611. The number of carbonyl (C=O) groups is 1. The number of aryl methyl sites for hydroxylation is 2. The van der Waals surface area contributed by atoms with E-state index in [4.69, 9.17) is 0 Å². The molecule has 1 amide bonds. The lowest BCUT2D eigenvalue weighted by atomic mass is 10.1. The summed E-state index contributed by atoms with van der Waals surface area (Å²) in [7, 11) is 0. The number of phenols is 1. The second-order valence-corrected chi connectivity index (χ2v) is 6.56. The number of carbonyl (C=O) groups excluding carboxylic acids is 1. The van der Waals surface area contributed by atoms with Crippen molar-refractivity contribution >= 4 is 11.7 Å². The van der Waals surface area contributed by atoms with Gasteiger partial charge in [-0.3, -0.25) is 4.79 Å². The Bertz CT molecular complexity index is 919. The Morgan fingerprint density at radius 3 is 2.44 bits per heavy atom. The molecule has 0 unspecified atom stereocenters. The largest absolute Gasteiger partial charge is 0.508 e. The molecule has 2 aromatic carbocycles. The van der Waals surface area contributed by atoms with Crippen molar-refractivity contribution in [1.29, 1.82) is 0 Å². The molecule has 0 aliphatic heterocycles. The number of benzene rings is 2. The second kappa shape index (κ2) is 8.45. The van der Waals surface area contributed by atoms with Gasteiger partial charge in [-0.15, -0.1) is 0 Å². The van der Waals surface area contributed by atoms with Crippen molar-refractivity contribution in [2.75, 3.05) is 5.32 Å². The van der Waals surface area contributed by atoms with E-state index >= 15 is 0 Å². The molecule has 27 heavy (non-hydrogen) atoms. The van der Waals surface area contributed by atoms with Gasteiger partial charge in [0.15, 0.2) is 5.82 Å². The van der Waals surface area contributed by atoms with Crippen LogP contribution in [0.4, 0.5) is 5.82 Å². The normalized spacial score (nSPS) is 10.6. The molecule has 138 valence electrons. The van der Waals surface area contributed by atoms with Gasteiger partial charge in [0.05, 0.1) is 24.0 Å². The van der Waals surface area contributed by atoms with E-state index in [0.29, 0.717) is 12.2 Å². The van der Waals surface area contributed by atoms with Crippen molar-refractivity contribution < 1.29 is 9.90 Å². The maximum atomic E-state index is 12.4. The fourth-order valence-electron chi connectivity index (χ4n) is 2.78. The first kappa shape index (κ1) is 18.6. The number of amides is 1. The number of aromatic hydroxyl groups is 1. The van der Waals surface area contributed by atoms with Gasteiger partial charge in [0.25, 0.3) is 0 Å². The van der Waals surface area contributed by atoms with Crippen LogP contribution in [0.2, 0.25) is 0 Å². The highest BCUT2D eigenvalue weighted by Gasteiger charge is 2.12. The fraction of sp³-hybridized carbons (Fsp3) is 0.227. The van der Waals surface area contributed by atoms with Gasteiger partial charge in [-0.1, -0.05) is 43.2 Å². The molecule has 2 N–H and O–H groups in total. The summed E-state index contributed by atoms with van der Waals surface area (Å²) in [4.78, 5) is 21.5. The highest BCUT2D eigenvalue weighted by molar-refractivity contribution is 5.92. The summed E-state index contributed by atoms with van der Waals surface area (Å²) >= 11 is 0. The van der Waals surface area contributed by atoms with Crippen LogP contribution in [0.3, 0.4) is 0 Å². The monoisotopic (exact) mass is 361 g/mol. The number of aromatic nitrogens is 2. The molecule has 5 heteroatoms. The molecule has 0 radical (unpaired) electrons. The van der Waals surface area contributed by atoms with Crippen LogP contribution >= 0.6 is 0 Å². The molecule has 0 saturated heterocycles. The molecule has 0 aliphatic rings. The maximum Gasteiger partial charge on any atom is 0.229 e. The topological polar surface area (TPSA) is 75.1 Å². The van der Waals surface area contributed by atoms with Gasteiger partial charge in [0.2, 0.25) is 5.91 Å². The summed E-state index contributed by atoms with van der Waals surface area (Å²) in [6.45, 7) is 4.08. The zero-order chi connectivity index (χ0) is 19.2. The van der Waals surface area contributed by atoms with Gasteiger partial charge < -0.3 is 10.4 Å². The van der Waals surface area contributed by atoms with E-state index in [0.717, 1.165) is 35.4 Å². The van der Waals surface area contributed by atoms with Gasteiger partial charge in [-0.05, 0) is 43.2 Å². The number of nitrogens with one attached hydrogen (secondary N) is 1. The zero-order valence-electron chi connectivity index (χ0n) is 15.6. The summed E-state index contributed by atoms with van der Waals surface area (Å²) in [5, 5.41) is 12.3. The van der Waals surface area contributed by atoms with Gasteiger partial charge in [0, 0.05) is 5.56 Å². The van der Waals surface area contributed by atoms with Gasteiger partial charge in [-0.2, -0.15) is 0 Å². The fourth-order valence-corrected chi connectivity index (χ4v) is 2.78. The Labute approximate surface area is 159 Å². The molecule has 5 nitrogen and oxygen atoms in total. The van der Waals surface area contributed by atoms with Crippen molar-refractivity contribution in [2.45, 2.75) is 33.1 Å². The van der Waals surface area contributed by atoms with E-state index in [9.17, 15) is 9.90 Å². The number of nitrogens with zero attached hydrogens (tertiary/aromatic N) is 2. The SMILES string of the molecule is CCCc1nc(-c2ccc(O)cc2)cnc1NC(=O)Cc1ccc(C)cc1. The molecule has 0 fully saturated rings. The minimum atomic E-state index is -0.108. The van der Waals surface area contributed by atoms with Crippen LogP contribution in [-0.4, -0.2) is 21.0 Å². The lowest BCUT2D eigenvalue weighted by Crippen LogP contribution is -2.17. The molecule has 1 aromatic heterocycles.